The van der Waals surface area contributed by atoms with Crippen LogP contribution >= 0.6 is 23.1 Å². The molecule has 4 rings (SSSR count). The molecule has 0 amide bonds. The zero-order valence-corrected chi connectivity index (χ0v) is 19.6. The van der Waals surface area contributed by atoms with E-state index in [2.05, 4.69) is 30.6 Å². The number of thiazole rings is 1. The number of thioether (sulfide) groups is 1. The van der Waals surface area contributed by atoms with Crippen LogP contribution in [-0.2, 0) is 0 Å². The summed E-state index contributed by atoms with van der Waals surface area (Å²) < 4.78 is 16.8. The summed E-state index contributed by atoms with van der Waals surface area (Å²) in [6.45, 7) is 13.8. The molecule has 0 spiro atoms. The highest BCUT2D eigenvalue weighted by Crippen LogP contribution is 2.40. The molecule has 30 heavy (non-hydrogen) atoms. The molecule has 8 heteroatoms. The fourth-order valence-corrected chi connectivity index (χ4v) is 6.10. The molecule has 3 heterocycles. The minimum absolute atomic E-state index is 0.238. The maximum absolute atomic E-state index is 13.7. The second-order valence-corrected chi connectivity index (χ2v) is 10.6. The lowest BCUT2D eigenvalue weighted by atomic mass is 10.1. The predicted molar refractivity (Wildman–Crippen MR) is 125 cm³/mol. The van der Waals surface area contributed by atoms with Crippen LogP contribution in [0.1, 0.15) is 26.5 Å². The van der Waals surface area contributed by atoms with Gasteiger partial charge < -0.3 is 9.80 Å². The van der Waals surface area contributed by atoms with Gasteiger partial charge in [-0.25, -0.2) is 9.07 Å². The molecule has 0 aliphatic carbocycles. The number of aryl methyl sites for hydroxylation is 1. The van der Waals surface area contributed by atoms with E-state index in [4.69, 9.17) is 10.1 Å². The fourth-order valence-electron chi connectivity index (χ4n) is 3.65. The number of likely N-dealkylation sites (N-methyl/N-ethyl adjacent to an activating group) is 1. The number of rotatable bonds is 6. The first-order valence-electron chi connectivity index (χ1n) is 10.4. The molecule has 0 saturated carbocycles. The van der Waals surface area contributed by atoms with E-state index >= 15 is 0 Å². The predicted octanol–water partition coefficient (Wildman–Crippen LogP) is 5.09. The van der Waals surface area contributed by atoms with Gasteiger partial charge in [0.1, 0.15) is 10.0 Å². The van der Waals surface area contributed by atoms with E-state index in [1.54, 1.807) is 23.5 Å². The van der Waals surface area contributed by atoms with E-state index < -0.39 is 0 Å². The number of nitrogens with zero attached hydrogens (tertiary/aromatic N) is 5. The second-order valence-electron chi connectivity index (χ2n) is 7.78. The molecule has 1 aliphatic rings. The van der Waals surface area contributed by atoms with Gasteiger partial charge in [0, 0.05) is 43.2 Å². The quantitative estimate of drug-likeness (QED) is 0.494. The Labute approximate surface area is 185 Å². The van der Waals surface area contributed by atoms with Crippen molar-refractivity contribution in [1.29, 1.82) is 0 Å². The van der Waals surface area contributed by atoms with Crippen LogP contribution in [0.3, 0.4) is 0 Å². The van der Waals surface area contributed by atoms with Crippen molar-refractivity contribution in [3.8, 4) is 16.3 Å². The second kappa shape index (κ2) is 9.08. The summed E-state index contributed by atoms with van der Waals surface area (Å²) in [6, 6.07) is 6.66. The monoisotopic (exact) mass is 445 g/mol. The number of hydrogen-bond donors (Lipinski definition) is 0. The molecule has 1 aromatic carbocycles. The average molecular weight is 446 g/mol. The van der Waals surface area contributed by atoms with Crippen LogP contribution < -0.4 is 4.90 Å². The highest BCUT2D eigenvalue weighted by atomic mass is 32.2. The Hall–Kier alpha value is -1.90. The zero-order valence-electron chi connectivity index (χ0n) is 17.9. The van der Waals surface area contributed by atoms with Gasteiger partial charge in [-0.15, -0.1) is 11.8 Å². The first-order chi connectivity index (χ1) is 14.4. The third kappa shape index (κ3) is 4.55. The number of hydrogen-bond acceptors (Lipinski definition) is 6. The van der Waals surface area contributed by atoms with Gasteiger partial charge >= 0.3 is 0 Å². The summed E-state index contributed by atoms with van der Waals surface area (Å²) in [7, 11) is 0. The van der Waals surface area contributed by atoms with Crippen molar-refractivity contribution in [2.45, 2.75) is 37.2 Å². The lowest BCUT2D eigenvalue weighted by Crippen LogP contribution is -2.46. The van der Waals surface area contributed by atoms with Gasteiger partial charge in [0.05, 0.1) is 5.69 Å². The van der Waals surface area contributed by atoms with E-state index in [1.165, 1.54) is 10.3 Å². The molecule has 1 aliphatic heterocycles. The van der Waals surface area contributed by atoms with Gasteiger partial charge in [0.2, 0.25) is 5.13 Å². The highest BCUT2D eigenvalue weighted by molar-refractivity contribution is 8.01. The van der Waals surface area contributed by atoms with Crippen LogP contribution in [0.25, 0.3) is 16.3 Å². The molecule has 1 fully saturated rings. The van der Waals surface area contributed by atoms with Crippen LogP contribution in [0.15, 0.2) is 34.7 Å². The van der Waals surface area contributed by atoms with Crippen molar-refractivity contribution in [3.05, 3.63) is 42.0 Å². The maximum Gasteiger partial charge on any atom is 0.213 e. The molecule has 0 radical (unpaired) electrons. The lowest BCUT2D eigenvalue weighted by Gasteiger charge is -2.34. The minimum Gasteiger partial charge on any atom is -0.352 e. The zero-order chi connectivity index (χ0) is 21.3. The molecule has 0 atom stereocenters. The average Bonchev–Trinajstić information content (AvgIpc) is 3.31. The number of aromatic nitrogens is 3. The highest BCUT2D eigenvalue weighted by Gasteiger charge is 2.24. The van der Waals surface area contributed by atoms with Crippen LogP contribution in [0, 0.1) is 12.7 Å². The Morgan fingerprint density at radius 3 is 2.63 bits per heavy atom. The number of benzene rings is 1. The lowest BCUT2D eigenvalue weighted by molar-refractivity contribution is 0.270. The van der Waals surface area contributed by atoms with Crippen LogP contribution in [-0.4, -0.2) is 57.6 Å². The topological polar surface area (TPSA) is 37.2 Å². The van der Waals surface area contributed by atoms with Crippen molar-refractivity contribution in [2.24, 2.45) is 0 Å². The molecule has 3 aromatic rings. The van der Waals surface area contributed by atoms with E-state index in [1.807, 2.05) is 35.6 Å². The van der Waals surface area contributed by atoms with E-state index in [0.717, 1.165) is 60.5 Å². The number of halogens is 1. The Balaban J connectivity index is 1.66. The van der Waals surface area contributed by atoms with Crippen molar-refractivity contribution in [3.63, 3.8) is 0 Å². The van der Waals surface area contributed by atoms with Gasteiger partial charge in [0.25, 0.3) is 0 Å². The summed E-state index contributed by atoms with van der Waals surface area (Å²) in [6.07, 6.45) is 1.96. The van der Waals surface area contributed by atoms with Gasteiger partial charge in [-0.3, -0.25) is 0 Å². The number of piperazine rings is 1. The van der Waals surface area contributed by atoms with Crippen molar-refractivity contribution in [2.75, 3.05) is 37.6 Å². The molecular formula is C22H28FN5S2. The largest absolute Gasteiger partial charge is 0.352 e. The Bertz CT molecular complexity index is 1000. The first-order valence-corrected chi connectivity index (χ1v) is 12.1. The fraction of sp³-hybridized carbons (Fsp3) is 0.455. The Morgan fingerprint density at radius 2 is 1.97 bits per heavy atom. The molecule has 0 N–H and O–H groups in total. The first kappa shape index (κ1) is 21.3. The van der Waals surface area contributed by atoms with Crippen molar-refractivity contribution in [1.82, 2.24) is 19.7 Å². The Morgan fingerprint density at radius 1 is 1.20 bits per heavy atom. The summed E-state index contributed by atoms with van der Waals surface area (Å²) in [5.74, 6) is 0.836. The molecule has 160 valence electrons. The van der Waals surface area contributed by atoms with Gasteiger partial charge in [-0.1, -0.05) is 44.2 Å². The van der Waals surface area contributed by atoms with Crippen LogP contribution in [0.2, 0.25) is 0 Å². The third-order valence-electron chi connectivity index (χ3n) is 5.26. The smallest absolute Gasteiger partial charge is 0.213 e. The summed E-state index contributed by atoms with van der Waals surface area (Å²) >= 11 is 3.54. The summed E-state index contributed by atoms with van der Waals surface area (Å²) in [5, 5.41) is 6.04. The summed E-state index contributed by atoms with van der Waals surface area (Å²) in [5.41, 5.74) is 2.64. The van der Waals surface area contributed by atoms with Crippen molar-refractivity contribution >= 4 is 28.9 Å². The molecule has 0 bridgehead atoms. The molecule has 0 unspecified atom stereocenters. The van der Waals surface area contributed by atoms with Gasteiger partial charge in [-0.05, 0) is 31.2 Å². The van der Waals surface area contributed by atoms with E-state index in [9.17, 15) is 4.39 Å². The standard InChI is InChI=1S/C22H28FN5S2/c1-5-26-9-11-27(12-10-26)20-21(29-15(2)3)30-22(24-20)28-14-19(16(4)25-28)17-7-6-8-18(23)13-17/h6-8,13-15H,5,9-12H2,1-4H3. The van der Waals surface area contributed by atoms with Gasteiger partial charge in [-0.2, -0.15) is 10.1 Å². The molecule has 2 aromatic heterocycles. The third-order valence-corrected chi connectivity index (χ3v) is 7.50. The minimum atomic E-state index is -0.238. The normalized spacial score (nSPS) is 15.3. The SMILES string of the molecule is CCN1CCN(c2nc(-n3cc(-c4cccc(F)c4)c(C)n3)sc2SC(C)C)CC1. The summed E-state index contributed by atoms with van der Waals surface area (Å²) in [4.78, 5) is 9.88. The van der Waals surface area contributed by atoms with Gasteiger partial charge in [0.15, 0.2) is 5.82 Å². The van der Waals surface area contributed by atoms with Crippen LogP contribution in [0.5, 0.6) is 0 Å². The number of anilines is 1. The maximum atomic E-state index is 13.7. The molecule has 1 saturated heterocycles. The molecular weight excluding hydrogens is 417 g/mol. The van der Waals surface area contributed by atoms with Crippen molar-refractivity contribution < 1.29 is 4.39 Å². The van der Waals surface area contributed by atoms with Crippen LogP contribution in [0.4, 0.5) is 10.2 Å². The van der Waals surface area contributed by atoms with E-state index in [-0.39, 0.29) is 5.82 Å². The Kier molecular flexibility index (Phi) is 6.46. The molecule has 5 nitrogen and oxygen atoms in total. The van der Waals surface area contributed by atoms with E-state index in [0.29, 0.717) is 5.25 Å².